The van der Waals surface area contributed by atoms with Crippen molar-refractivity contribution in [3.8, 4) is 24.1 Å². The van der Waals surface area contributed by atoms with Crippen LogP contribution in [0, 0.1) is 24.1 Å². The Morgan fingerprint density at radius 1 is 1.21 bits per heavy atom. The highest BCUT2D eigenvalue weighted by Crippen LogP contribution is 2.43. The second kappa shape index (κ2) is 11.4. The minimum atomic E-state index is -0.464. The number of benzene rings is 2. The normalized spacial score (nSPS) is 24.5. The monoisotopic (exact) mass is 633 g/mol. The number of ether oxygens (including phenoxy) is 1. The maximum Gasteiger partial charge on any atom is 0.318 e. The van der Waals surface area contributed by atoms with Crippen LogP contribution < -0.4 is 9.64 Å². The van der Waals surface area contributed by atoms with Gasteiger partial charge in [-0.2, -0.15) is 9.97 Å². The molecule has 5 aliphatic rings. The van der Waals surface area contributed by atoms with Crippen LogP contribution in [0.2, 0.25) is 0 Å². The topological polar surface area (TPSA) is 82.0 Å². The third-order valence-corrected chi connectivity index (χ3v) is 11.4. The molecule has 0 radical (unpaired) electrons. The minimum Gasteiger partial charge on any atom is -0.508 e. The number of halogens is 1. The van der Waals surface area contributed by atoms with Crippen molar-refractivity contribution in [3.05, 3.63) is 65.1 Å². The highest BCUT2D eigenvalue weighted by atomic mass is 19.1. The Morgan fingerprint density at radius 2 is 2.02 bits per heavy atom. The maximum absolute atomic E-state index is 14.9. The van der Waals surface area contributed by atoms with E-state index in [-0.39, 0.29) is 34.8 Å². The number of nitrogens with zero attached hydrogens (tertiary/aromatic N) is 5. The highest BCUT2D eigenvalue weighted by molar-refractivity contribution is 6.02. The molecule has 0 unspecified atom stereocenters. The Hall–Kier alpha value is -4.42. The van der Waals surface area contributed by atoms with Crippen LogP contribution in [-0.4, -0.2) is 81.2 Å². The third-order valence-electron chi connectivity index (χ3n) is 11.4. The Kier molecular flexibility index (Phi) is 7.25. The van der Waals surface area contributed by atoms with Crippen LogP contribution in [-0.2, 0) is 11.2 Å². The average Bonchev–Trinajstić information content (AvgIpc) is 3.71. The molecule has 2 bridgehead atoms. The average molecular weight is 634 g/mol. The lowest BCUT2D eigenvalue weighted by molar-refractivity contribution is -0.129. The SMILES string of the molecule is C#Cc1c(F)ccc2cc(O)cc(C3=Cc4nc(OCC56CCCN5CCC6)nc(N5C[C@@H]6C[C@@H](C)[C@H](C5)N6C(=O)C=C)c4CC3)c12. The predicted molar refractivity (Wildman–Crippen MR) is 181 cm³/mol. The van der Waals surface area contributed by atoms with Crippen molar-refractivity contribution in [2.24, 2.45) is 5.92 Å². The number of piperazine rings is 1. The van der Waals surface area contributed by atoms with Gasteiger partial charge in [0, 0.05) is 24.0 Å². The first kappa shape index (κ1) is 29.9. The summed E-state index contributed by atoms with van der Waals surface area (Å²) in [6.07, 6.45) is 16.1. The molecule has 9 heteroatoms. The van der Waals surface area contributed by atoms with E-state index in [4.69, 9.17) is 21.1 Å². The van der Waals surface area contributed by atoms with Crippen molar-refractivity contribution in [1.82, 2.24) is 19.8 Å². The van der Waals surface area contributed by atoms with Crippen molar-refractivity contribution < 1.29 is 19.0 Å². The molecule has 8 nitrogen and oxygen atoms in total. The fourth-order valence-corrected chi connectivity index (χ4v) is 9.19. The number of amides is 1. The van der Waals surface area contributed by atoms with Gasteiger partial charge in [-0.15, -0.1) is 6.42 Å². The number of phenols is 1. The van der Waals surface area contributed by atoms with E-state index in [2.05, 4.69) is 29.2 Å². The second-order valence-corrected chi connectivity index (χ2v) is 14.0. The van der Waals surface area contributed by atoms with Crippen LogP contribution in [0.3, 0.4) is 0 Å². The Bertz CT molecular complexity index is 1870. The molecule has 2 aromatic carbocycles. The van der Waals surface area contributed by atoms with E-state index in [1.54, 1.807) is 18.2 Å². The van der Waals surface area contributed by atoms with E-state index in [1.165, 1.54) is 25.0 Å². The molecule has 0 spiro atoms. The number of aromatic nitrogens is 2. The number of aromatic hydroxyl groups is 1. The second-order valence-electron chi connectivity index (χ2n) is 14.0. The molecular formula is C38H40FN5O3. The number of anilines is 1. The summed E-state index contributed by atoms with van der Waals surface area (Å²) in [7, 11) is 0. The highest BCUT2D eigenvalue weighted by Gasteiger charge is 2.47. The standard InChI is InChI=1S/C38H40FN5O3/c1-4-28-31(39)11-9-25-17-27(45)19-30(35(25)28)24-8-10-29-32(18-24)40-37(47-22-38-12-6-14-43(38)15-7-13-38)41-36(29)42-20-26-16-23(3)33(21-42)44(26)34(46)5-2/h1,5,9,11,17-19,23,26,33,45H,2,6-8,10,12-16,20-22H2,3H3/t23-,26+,33+/m1/s1. The van der Waals surface area contributed by atoms with E-state index in [0.29, 0.717) is 60.8 Å². The summed E-state index contributed by atoms with van der Waals surface area (Å²) in [5.41, 5.74) is 3.65. The van der Waals surface area contributed by atoms with E-state index < -0.39 is 5.82 Å². The molecule has 3 atom stereocenters. The lowest BCUT2D eigenvalue weighted by Crippen LogP contribution is -2.56. The molecule has 1 N–H and O–H groups in total. The molecule has 4 fully saturated rings. The molecule has 47 heavy (non-hydrogen) atoms. The fraction of sp³-hybridized carbons (Fsp3) is 0.447. The summed E-state index contributed by atoms with van der Waals surface area (Å²) in [4.78, 5) is 29.8. The third kappa shape index (κ3) is 4.88. The summed E-state index contributed by atoms with van der Waals surface area (Å²) in [5, 5.41) is 12.0. The minimum absolute atomic E-state index is 0.0108. The van der Waals surface area contributed by atoms with Crippen LogP contribution >= 0.6 is 0 Å². The van der Waals surface area contributed by atoms with Crippen LogP contribution in [0.4, 0.5) is 10.2 Å². The molecule has 242 valence electrons. The van der Waals surface area contributed by atoms with Gasteiger partial charge in [-0.05, 0) is 111 Å². The van der Waals surface area contributed by atoms with Crippen molar-refractivity contribution in [1.29, 1.82) is 0 Å². The number of terminal acetylenes is 1. The number of carbonyl (C=O) groups excluding carboxylic acids is 1. The molecule has 1 amide bonds. The molecule has 4 aliphatic heterocycles. The summed E-state index contributed by atoms with van der Waals surface area (Å²) < 4.78 is 21.4. The molecular weight excluding hydrogens is 593 g/mol. The first-order chi connectivity index (χ1) is 22.8. The Labute approximate surface area is 274 Å². The molecule has 5 heterocycles. The van der Waals surface area contributed by atoms with Crippen LogP contribution in [0.25, 0.3) is 22.4 Å². The van der Waals surface area contributed by atoms with Gasteiger partial charge in [-0.25, -0.2) is 4.39 Å². The maximum atomic E-state index is 14.9. The molecule has 8 rings (SSSR count). The smallest absolute Gasteiger partial charge is 0.318 e. The van der Waals surface area contributed by atoms with E-state index in [1.807, 2.05) is 11.0 Å². The largest absolute Gasteiger partial charge is 0.508 e. The number of rotatable bonds is 6. The van der Waals surface area contributed by atoms with Gasteiger partial charge in [0.05, 0.1) is 28.9 Å². The molecule has 1 aromatic heterocycles. The first-order valence-electron chi connectivity index (χ1n) is 16.9. The summed E-state index contributed by atoms with van der Waals surface area (Å²) in [6, 6.07) is 6.79. The van der Waals surface area contributed by atoms with E-state index in [0.717, 1.165) is 55.0 Å². The molecule has 4 saturated heterocycles. The fourth-order valence-electron chi connectivity index (χ4n) is 9.19. The Morgan fingerprint density at radius 3 is 2.77 bits per heavy atom. The van der Waals surface area contributed by atoms with Crippen LogP contribution in [0.15, 0.2) is 36.9 Å². The number of allylic oxidation sites excluding steroid dienone is 1. The van der Waals surface area contributed by atoms with Crippen molar-refractivity contribution >= 4 is 34.1 Å². The summed E-state index contributed by atoms with van der Waals surface area (Å²) >= 11 is 0. The lowest BCUT2D eigenvalue weighted by atomic mass is 9.87. The summed E-state index contributed by atoms with van der Waals surface area (Å²) in [5.74, 6) is 3.38. The zero-order valence-corrected chi connectivity index (χ0v) is 26.8. The Balaban J connectivity index is 1.22. The molecule has 1 aliphatic carbocycles. The van der Waals surface area contributed by atoms with Crippen molar-refractivity contribution in [2.75, 3.05) is 37.7 Å². The van der Waals surface area contributed by atoms with Crippen LogP contribution in [0.1, 0.15) is 67.8 Å². The van der Waals surface area contributed by atoms with Crippen molar-refractivity contribution in [2.45, 2.75) is 69.5 Å². The number of hydrogen-bond donors (Lipinski definition) is 1. The van der Waals surface area contributed by atoms with E-state index >= 15 is 0 Å². The lowest BCUT2D eigenvalue weighted by Gasteiger charge is -2.42. The zero-order chi connectivity index (χ0) is 32.4. The van der Waals surface area contributed by atoms with Crippen LogP contribution in [0.5, 0.6) is 11.8 Å². The predicted octanol–water partition coefficient (Wildman–Crippen LogP) is 5.56. The number of fused-ring (bicyclic) bond motifs is 5. The first-order valence-corrected chi connectivity index (χ1v) is 16.9. The zero-order valence-electron chi connectivity index (χ0n) is 26.8. The summed E-state index contributed by atoms with van der Waals surface area (Å²) in [6.45, 7) is 10.1. The van der Waals surface area contributed by atoms with Gasteiger partial charge < -0.3 is 19.6 Å². The van der Waals surface area contributed by atoms with Crippen molar-refractivity contribution in [3.63, 3.8) is 0 Å². The number of carbonyl (C=O) groups is 1. The van der Waals surface area contributed by atoms with Gasteiger partial charge in [-0.1, -0.05) is 25.5 Å². The van der Waals surface area contributed by atoms with Gasteiger partial charge in [0.2, 0.25) is 5.91 Å². The van der Waals surface area contributed by atoms with Gasteiger partial charge in [0.25, 0.3) is 0 Å². The van der Waals surface area contributed by atoms with Gasteiger partial charge in [-0.3, -0.25) is 9.69 Å². The van der Waals surface area contributed by atoms with E-state index in [9.17, 15) is 14.3 Å². The number of phenolic OH excluding ortho intramolecular Hbond substituents is 1. The number of hydrogen-bond acceptors (Lipinski definition) is 7. The quantitative estimate of drug-likeness (QED) is 0.281. The van der Waals surface area contributed by atoms with Gasteiger partial charge >= 0.3 is 6.01 Å². The van der Waals surface area contributed by atoms with Gasteiger partial charge in [0.15, 0.2) is 0 Å². The van der Waals surface area contributed by atoms with Gasteiger partial charge in [0.1, 0.15) is 24.0 Å². The molecule has 0 saturated carbocycles. The molecule has 3 aromatic rings.